The standard InChI is InChI=1S/C18H21N3O6S/c1-12(21-28(24,25)14-7-5-4-6-8-14)17(22)19-20-18(23)13-9-10-15(26-2)16(11-13)27-3/h4-12,21H,1-3H3,(H,19,22)(H,20,23)/t12-/m1/s1. The molecule has 0 fully saturated rings. The molecule has 0 aromatic heterocycles. The summed E-state index contributed by atoms with van der Waals surface area (Å²) >= 11 is 0. The van der Waals surface area contributed by atoms with Gasteiger partial charge in [0, 0.05) is 5.56 Å². The van der Waals surface area contributed by atoms with E-state index in [-0.39, 0.29) is 10.5 Å². The molecule has 2 aromatic carbocycles. The molecular formula is C18H21N3O6S. The van der Waals surface area contributed by atoms with Crippen LogP contribution < -0.4 is 25.0 Å². The Balaban J connectivity index is 1.97. The molecule has 0 aliphatic heterocycles. The number of amides is 2. The van der Waals surface area contributed by atoms with Crippen LogP contribution in [0.3, 0.4) is 0 Å². The highest BCUT2D eigenvalue weighted by molar-refractivity contribution is 7.89. The van der Waals surface area contributed by atoms with Crippen molar-refractivity contribution in [3.05, 3.63) is 54.1 Å². The van der Waals surface area contributed by atoms with Crippen LogP contribution in [0.15, 0.2) is 53.4 Å². The molecule has 0 saturated heterocycles. The lowest BCUT2D eigenvalue weighted by molar-refractivity contribution is -0.123. The van der Waals surface area contributed by atoms with Crippen molar-refractivity contribution in [1.82, 2.24) is 15.6 Å². The predicted octanol–water partition coefficient (Wildman–Crippen LogP) is 0.832. The van der Waals surface area contributed by atoms with Crippen LogP contribution in [0.25, 0.3) is 0 Å². The fraction of sp³-hybridized carbons (Fsp3) is 0.222. The fourth-order valence-electron chi connectivity index (χ4n) is 2.23. The molecule has 0 spiro atoms. The van der Waals surface area contributed by atoms with Crippen LogP contribution in [0.5, 0.6) is 11.5 Å². The molecule has 0 radical (unpaired) electrons. The zero-order chi connectivity index (χ0) is 20.7. The van der Waals surface area contributed by atoms with E-state index in [4.69, 9.17) is 9.47 Å². The summed E-state index contributed by atoms with van der Waals surface area (Å²) in [5.74, 6) is -0.529. The number of carbonyl (C=O) groups excluding carboxylic acids is 2. The molecule has 0 heterocycles. The summed E-state index contributed by atoms with van der Waals surface area (Å²) in [5, 5.41) is 0. The van der Waals surface area contributed by atoms with E-state index in [1.54, 1.807) is 24.3 Å². The van der Waals surface area contributed by atoms with Gasteiger partial charge in [-0.2, -0.15) is 4.72 Å². The van der Waals surface area contributed by atoms with Gasteiger partial charge in [-0.05, 0) is 37.3 Å². The largest absolute Gasteiger partial charge is 0.493 e. The molecule has 0 bridgehead atoms. The first-order chi connectivity index (χ1) is 13.3. The number of ether oxygens (including phenoxy) is 2. The molecule has 1 atom stereocenters. The smallest absolute Gasteiger partial charge is 0.269 e. The lowest BCUT2D eigenvalue weighted by atomic mass is 10.2. The van der Waals surface area contributed by atoms with Gasteiger partial charge in [0.2, 0.25) is 10.0 Å². The second-order valence-corrected chi connectivity index (χ2v) is 7.38. The minimum absolute atomic E-state index is 0.0315. The zero-order valence-corrected chi connectivity index (χ0v) is 16.4. The number of hydrazine groups is 1. The summed E-state index contributed by atoms with van der Waals surface area (Å²) in [6.45, 7) is 1.36. The quantitative estimate of drug-likeness (QED) is 0.585. The average molecular weight is 407 g/mol. The van der Waals surface area contributed by atoms with Crippen molar-refractivity contribution in [3.63, 3.8) is 0 Å². The molecule has 0 saturated carbocycles. The van der Waals surface area contributed by atoms with Crippen molar-refractivity contribution in [3.8, 4) is 11.5 Å². The maximum absolute atomic E-state index is 12.2. The molecule has 0 aliphatic rings. The normalized spacial score (nSPS) is 12.0. The molecule has 0 unspecified atom stereocenters. The van der Waals surface area contributed by atoms with E-state index in [0.29, 0.717) is 11.5 Å². The van der Waals surface area contributed by atoms with E-state index >= 15 is 0 Å². The highest BCUT2D eigenvalue weighted by Gasteiger charge is 2.22. The number of nitrogens with one attached hydrogen (secondary N) is 3. The molecule has 2 amide bonds. The van der Waals surface area contributed by atoms with Crippen molar-refractivity contribution in [2.24, 2.45) is 0 Å². The van der Waals surface area contributed by atoms with Crippen LogP contribution >= 0.6 is 0 Å². The van der Waals surface area contributed by atoms with Crippen molar-refractivity contribution in [2.45, 2.75) is 17.9 Å². The van der Waals surface area contributed by atoms with Gasteiger partial charge >= 0.3 is 0 Å². The molecule has 28 heavy (non-hydrogen) atoms. The molecule has 0 aliphatic carbocycles. The lowest BCUT2D eigenvalue weighted by Crippen LogP contribution is -2.51. The molecule has 3 N–H and O–H groups in total. The minimum atomic E-state index is -3.87. The van der Waals surface area contributed by atoms with Crippen molar-refractivity contribution in [1.29, 1.82) is 0 Å². The van der Waals surface area contributed by atoms with E-state index in [1.807, 2.05) is 0 Å². The second kappa shape index (κ2) is 9.20. The van der Waals surface area contributed by atoms with Crippen LogP contribution in [-0.2, 0) is 14.8 Å². The number of methoxy groups -OCH3 is 2. The van der Waals surface area contributed by atoms with Crippen LogP contribution in [-0.4, -0.2) is 40.5 Å². The topological polar surface area (TPSA) is 123 Å². The van der Waals surface area contributed by atoms with Gasteiger partial charge < -0.3 is 9.47 Å². The summed E-state index contributed by atoms with van der Waals surface area (Å²) in [6.07, 6.45) is 0. The van der Waals surface area contributed by atoms with Crippen molar-refractivity contribution >= 4 is 21.8 Å². The minimum Gasteiger partial charge on any atom is -0.493 e. The third kappa shape index (κ3) is 5.21. The number of benzene rings is 2. The summed E-state index contributed by atoms with van der Waals surface area (Å²) in [7, 11) is -0.966. The number of carbonyl (C=O) groups is 2. The summed E-state index contributed by atoms with van der Waals surface area (Å²) in [6, 6.07) is 11.0. The lowest BCUT2D eigenvalue weighted by Gasteiger charge is -2.15. The van der Waals surface area contributed by atoms with E-state index in [2.05, 4.69) is 15.6 Å². The van der Waals surface area contributed by atoms with Gasteiger partial charge in [-0.25, -0.2) is 8.42 Å². The zero-order valence-electron chi connectivity index (χ0n) is 15.6. The number of rotatable bonds is 7. The number of sulfonamides is 1. The summed E-state index contributed by atoms with van der Waals surface area (Å²) in [4.78, 5) is 24.3. The van der Waals surface area contributed by atoms with E-state index in [9.17, 15) is 18.0 Å². The van der Waals surface area contributed by atoms with Gasteiger partial charge in [0.1, 0.15) is 0 Å². The molecule has 2 aromatic rings. The second-order valence-electron chi connectivity index (χ2n) is 5.67. The van der Waals surface area contributed by atoms with Gasteiger partial charge in [-0.3, -0.25) is 20.4 Å². The Bertz CT molecular complexity index is 947. The van der Waals surface area contributed by atoms with Crippen molar-refractivity contribution < 1.29 is 27.5 Å². The van der Waals surface area contributed by atoms with E-state index < -0.39 is 27.9 Å². The molecule has 150 valence electrons. The number of hydrogen-bond acceptors (Lipinski definition) is 6. The van der Waals surface area contributed by atoms with E-state index in [1.165, 1.54) is 45.4 Å². The average Bonchev–Trinajstić information content (AvgIpc) is 2.71. The Hall–Kier alpha value is -3.11. The highest BCUT2D eigenvalue weighted by Crippen LogP contribution is 2.27. The number of hydrogen-bond donors (Lipinski definition) is 3. The monoisotopic (exact) mass is 407 g/mol. The first-order valence-corrected chi connectivity index (χ1v) is 9.66. The van der Waals surface area contributed by atoms with Crippen LogP contribution in [0, 0.1) is 0 Å². The van der Waals surface area contributed by atoms with Crippen LogP contribution in [0.1, 0.15) is 17.3 Å². The van der Waals surface area contributed by atoms with Crippen molar-refractivity contribution in [2.75, 3.05) is 14.2 Å². The van der Waals surface area contributed by atoms with Crippen LogP contribution in [0.4, 0.5) is 0 Å². The first-order valence-electron chi connectivity index (χ1n) is 8.18. The van der Waals surface area contributed by atoms with Gasteiger partial charge in [-0.15, -0.1) is 0 Å². The summed E-state index contributed by atoms with van der Waals surface area (Å²) < 4.78 is 36.9. The Morgan fingerprint density at radius 3 is 2.18 bits per heavy atom. The van der Waals surface area contributed by atoms with Crippen LogP contribution in [0.2, 0.25) is 0 Å². The predicted molar refractivity (Wildman–Crippen MR) is 101 cm³/mol. The molecule has 10 heteroatoms. The van der Waals surface area contributed by atoms with Gasteiger partial charge in [0.25, 0.3) is 11.8 Å². The third-order valence-corrected chi connectivity index (χ3v) is 5.28. The Kier molecular flexibility index (Phi) is 6.96. The molecule has 9 nitrogen and oxygen atoms in total. The Morgan fingerprint density at radius 1 is 0.929 bits per heavy atom. The van der Waals surface area contributed by atoms with Gasteiger partial charge in [0.05, 0.1) is 25.2 Å². The molecular weight excluding hydrogens is 386 g/mol. The summed E-state index contributed by atoms with van der Waals surface area (Å²) in [5.41, 5.74) is 4.63. The SMILES string of the molecule is COc1ccc(C(=O)NNC(=O)[C@@H](C)NS(=O)(=O)c2ccccc2)cc1OC. The maximum Gasteiger partial charge on any atom is 0.269 e. The maximum atomic E-state index is 12.2. The first kappa shape index (κ1) is 21.2. The van der Waals surface area contributed by atoms with E-state index in [0.717, 1.165) is 0 Å². The van der Waals surface area contributed by atoms with Gasteiger partial charge in [-0.1, -0.05) is 18.2 Å². The molecule has 2 rings (SSSR count). The fourth-order valence-corrected chi connectivity index (χ4v) is 3.45. The Morgan fingerprint density at radius 2 is 1.57 bits per heavy atom. The third-order valence-electron chi connectivity index (χ3n) is 3.72. The Labute approximate surface area is 163 Å². The highest BCUT2D eigenvalue weighted by atomic mass is 32.2. The van der Waals surface area contributed by atoms with Gasteiger partial charge in [0.15, 0.2) is 11.5 Å².